The van der Waals surface area contributed by atoms with Crippen LogP contribution in [0.4, 0.5) is 5.69 Å². The van der Waals surface area contributed by atoms with Gasteiger partial charge >= 0.3 is 0 Å². The minimum Gasteiger partial charge on any atom is -0.390 e. The van der Waals surface area contributed by atoms with Gasteiger partial charge in [-0.1, -0.05) is 36.4 Å². The van der Waals surface area contributed by atoms with E-state index in [9.17, 15) is 9.90 Å². The smallest absolute Gasteiger partial charge is 0.273 e. The summed E-state index contributed by atoms with van der Waals surface area (Å²) in [6.45, 7) is 5.15. The van der Waals surface area contributed by atoms with Crippen molar-refractivity contribution in [2.24, 2.45) is 0 Å². The van der Waals surface area contributed by atoms with E-state index in [-0.39, 0.29) is 5.91 Å². The van der Waals surface area contributed by atoms with Crippen molar-refractivity contribution in [1.29, 1.82) is 0 Å². The minimum atomic E-state index is -0.569. The van der Waals surface area contributed by atoms with Crippen LogP contribution in [-0.4, -0.2) is 71.2 Å². The zero-order chi connectivity index (χ0) is 20.5. The summed E-state index contributed by atoms with van der Waals surface area (Å²) in [6, 6.07) is 20.3. The van der Waals surface area contributed by atoms with Crippen molar-refractivity contribution in [1.82, 2.24) is 14.8 Å². The summed E-state index contributed by atoms with van der Waals surface area (Å²) in [4.78, 5) is 23.7. The highest BCUT2D eigenvalue weighted by Crippen LogP contribution is 2.25. The van der Waals surface area contributed by atoms with Crippen molar-refractivity contribution < 1.29 is 9.90 Å². The molecule has 0 radical (unpaired) electrons. The Morgan fingerprint density at radius 2 is 1.67 bits per heavy atom. The molecule has 1 aromatic heterocycles. The summed E-state index contributed by atoms with van der Waals surface area (Å²) in [5.74, 6) is -0.0799. The number of pyridine rings is 1. The monoisotopic (exact) mass is 402 g/mol. The summed E-state index contributed by atoms with van der Waals surface area (Å²) in [7, 11) is 0. The van der Waals surface area contributed by atoms with Crippen LogP contribution in [-0.2, 0) is 6.54 Å². The fourth-order valence-corrected chi connectivity index (χ4v) is 4.48. The highest BCUT2D eigenvalue weighted by molar-refractivity contribution is 5.99. The Hall–Kier alpha value is -2.96. The van der Waals surface area contributed by atoms with E-state index < -0.39 is 6.10 Å². The summed E-state index contributed by atoms with van der Waals surface area (Å²) < 4.78 is 0. The molecule has 1 atom stereocenters. The number of para-hydroxylation sites is 2. The number of fused-ring (bicyclic) bond motifs is 2. The minimum absolute atomic E-state index is 0.0799. The number of nitrogens with zero attached hydrogens (tertiary/aromatic N) is 4. The highest BCUT2D eigenvalue weighted by Gasteiger charge is 2.31. The first kappa shape index (κ1) is 19.0. The number of aromatic nitrogens is 1. The van der Waals surface area contributed by atoms with Crippen LogP contribution in [0.3, 0.4) is 0 Å². The van der Waals surface area contributed by atoms with E-state index in [0.717, 1.165) is 42.6 Å². The van der Waals surface area contributed by atoms with Crippen LogP contribution in [0.25, 0.3) is 10.9 Å². The maximum atomic E-state index is 12.8. The molecule has 0 bridgehead atoms. The van der Waals surface area contributed by atoms with E-state index in [1.165, 1.54) is 5.69 Å². The van der Waals surface area contributed by atoms with Crippen molar-refractivity contribution in [2.45, 2.75) is 12.6 Å². The molecule has 1 fully saturated rings. The summed E-state index contributed by atoms with van der Waals surface area (Å²) in [5, 5.41) is 11.7. The molecule has 2 aliphatic heterocycles. The standard InChI is InChI=1S/C24H26N4O2/c29-21(16-26-10-12-27(13-11-26)20-7-2-1-3-8-20)17-28-15-19-14-18-6-4-5-9-22(18)25-23(19)24(28)30/h1-9,14,21,29H,10-13,15-17H2/t21-/m1/s1. The average Bonchev–Trinajstić information content (AvgIpc) is 3.07. The first-order valence-corrected chi connectivity index (χ1v) is 10.6. The van der Waals surface area contributed by atoms with E-state index in [0.29, 0.717) is 25.3 Å². The molecule has 1 saturated heterocycles. The lowest BCUT2D eigenvalue weighted by molar-refractivity contribution is 0.0535. The Kier molecular flexibility index (Phi) is 5.11. The fourth-order valence-electron chi connectivity index (χ4n) is 4.48. The number of aliphatic hydroxyl groups is 1. The van der Waals surface area contributed by atoms with Gasteiger partial charge in [0.25, 0.3) is 5.91 Å². The second kappa shape index (κ2) is 8.05. The van der Waals surface area contributed by atoms with Gasteiger partial charge in [0, 0.05) is 62.5 Å². The van der Waals surface area contributed by atoms with Gasteiger partial charge in [-0.2, -0.15) is 0 Å². The summed E-state index contributed by atoms with van der Waals surface area (Å²) in [5.41, 5.74) is 3.56. The molecule has 154 valence electrons. The van der Waals surface area contributed by atoms with Crippen LogP contribution in [0.5, 0.6) is 0 Å². The summed E-state index contributed by atoms with van der Waals surface area (Å²) in [6.07, 6.45) is -0.569. The predicted molar refractivity (Wildman–Crippen MR) is 118 cm³/mol. The lowest BCUT2D eigenvalue weighted by Gasteiger charge is -2.37. The molecule has 0 saturated carbocycles. The maximum absolute atomic E-state index is 12.8. The number of carbonyl (C=O) groups is 1. The molecule has 0 spiro atoms. The molecule has 1 N–H and O–H groups in total. The van der Waals surface area contributed by atoms with Crippen molar-refractivity contribution in [2.75, 3.05) is 44.2 Å². The molecule has 3 aromatic rings. The Morgan fingerprint density at radius 1 is 0.933 bits per heavy atom. The molecule has 30 heavy (non-hydrogen) atoms. The molecule has 0 unspecified atom stereocenters. The Bertz CT molecular complexity index is 1050. The van der Waals surface area contributed by atoms with Crippen molar-refractivity contribution in [3.05, 3.63) is 71.9 Å². The molecule has 2 aromatic carbocycles. The van der Waals surface area contributed by atoms with Crippen LogP contribution in [0.2, 0.25) is 0 Å². The average molecular weight is 402 g/mol. The normalized spacial score (nSPS) is 18.1. The first-order valence-electron chi connectivity index (χ1n) is 10.6. The molecular weight excluding hydrogens is 376 g/mol. The van der Waals surface area contributed by atoms with E-state index in [2.05, 4.69) is 39.0 Å². The van der Waals surface area contributed by atoms with E-state index in [4.69, 9.17) is 0 Å². The van der Waals surface area contributed by atoms with Gasteiger partial charge in [-0.25, -0.2) is 4.98 Å². The zero-order valence-electron chi connectivity index (χ0n) is 16.9. The van der Waals surface area contributed by atoms with E-state index >= 15 is 0 Å². The highest BCUT2D eigenvalue weighted by atomic mass is 16.3. The number of hydrogen-bond donors (Lipinski definition) is 1. The number of carbonyl (C=O) groups excluding carboxylic acids is 1. The predicted octanol–water partition coefficient (Wildman–Crippen LogP) is 2.37. The quantitative estimate of drug-likeness (QED) is 0.710. The Morgan fingerprint density at radius 3 is 2.47 bits per heavy atom. The van der Waals surface area contributed by atoms with Gasteiger partial charge in [0.1, 0.15) is 5.69 Å². The topological polar surface area (TPSA) is 59.9 Å². The Balaban J connectivity index is 1.17. The third-order valence-corrected chi connectivity index (χ3v) is 6.05. The number of anilines is 1. The van der Waals surface area contributed by atoms with Gasteiger partial charge in [-0.15, -0.1) is 0 Å². The summed E-state index contributed by atoms with van der Waals surface area (Å²) >= 11 is 0. The van der Waals surface area contributed by atoms with Crippen LogP contribution < -0.4 is 4.90 Å². The number of aliphatic hydroxyl groups excluding tert-OH is 1. The van der Waals surface area contributed by atoms with Gasteiger partial charge < -0.3 is 14.9 Å². The van der Waals surface area contributed by atoms with Crippen LogP contribution in [0.1, 0.15) is 16.1 Å². The third-order valence-electron chi connectivity index (χ3n) is 6.05. The fraction of sp³-hybridized carbons (Fsp3) is 0.333. The van der Waals surface area contributed by atoms with Crippen LogP contribution in [0.15, 0.2) is 60.7 Å². The first-order chi connectivity index (χ1) is 14.7. The van der Waals surface area contributed by atoms with Gasteiger partial charge in [0.05, 0.1) is 11.6 Å². The largest absolute Gasteiger partial charge is 0.390 e. The molecule has 6 heteroatoms. The number of rotatable bonds is 5. The second-order valence-corrected chi connectivity index (χ2v) is 8.15. The second-order valence-electron chi connectivity index (χ2n) is 8.15. The van der Waals surface area contributed by atoms with Crippen LogP contribution >= 0.6 is 0 Å². The van der Waals surface area contributed by atoms with Crippen molar-refractivity contribution >= 4 is 22.5 Å². The van der Waals surface area contributed by atoms with E-state index in [1.807, 2.05) is 36.4 Å². The molecular formula is C24H26N4O2. The zero-order valence-corrected chi connectivity index (χ0v) is 16.9. The molecule has 5 rings (SSSR count). The van der Waals surface area contributed by atoms with Crippen molar-refractivity contribution in [3.63, 3.8) is 0 Å². The molecule has 6 nitrogen and oxygen atoms in total. The van der Waals surface area contributed by atoms with Crippen LogP contribution in [0, 0.1) is 0 Å². The van der Waals surface area contributed by atoms with Gasteiger partial charge in [0.2, 0.25) is 0 Å². The lowest BCUT2D eigenvalue weighted by atomic mass is 10.1. The van der Waals surface area contributed by atoms with Gasteiger partial charge in [-0.3, -0.25) is 9.69 Å². The third kappa shape index (κ3) is 3.76. The lowest BCUT2D eigenvalue weighted by Crippen LogP contribution is -2.50. The number of amides is 1. The number of hydrogen-bond acceptors (Lipinski definition) is 5. The number of piperazine rings is 1. The number of β-amino-alcohol motifs (C(OH)–C–C–N with tert-alkyl or cyclic N) is 1. The molecule has 1 amide bonds. The van der Waals surface area contributed by atoms with Crippen molar-refractivity contribution in [3.8, 4) is 0 Å². The maximum Gasteiger partial charge on any atom is 0.273 e. The van der Waals surface area contributed by atoms with E-state index in [1.54, 1.807) is 4.90 Å². The van der Waals surface area contributed by atoms with Gasteiger partial charge in [0.15, 0.2) is 0 Å². The molecule has 2 aliphatic rings. The van der Waals surface area contributed by atoms with Gasteiger partial charge in [-0.05, 0) is 24.3 Å². The SMILES string of the molecule is O=C1c2nc3ccccc3cc2CN1C[C@H](O)CN1CCN(c2ccccc2)CC1. The number of benzene rings is 2. The molecule has 0 aliphatic carbocycles. The molecule has 3 heterocycles. The Labute approximate surface area is 176 Å².